The molecular weight excluding hydrogens is 400 g/mol. The van der Waals surface area contributed by atoms with Gasteiger partial charge in [0.25, 0.3) is 5.91 Å². The fourth-order valence-electron chi connectivity index (χ4n) is 4.56. The van der Waals surface area contributed by atoms with Gasteiger partial charge < -0.3 is 10.2 Å². The summed E-state index contributed by atoms with van der Waals surface area (Å²) in [6.45, 7) is 5.64. The van der Waals surface area contributed by atoms with E-state index >= 15 is 0 Å². The van der Waals surface area contributed by atoms with E-state index in [9.17, 15) is 4.79 Å². The quantitative estimate of drug-likeness (QED) is 0.634. The number of hydrogen-bond donors (Lipinski definition) is 1. The Labute approximate surface area is 188 Å². The van der Waals surface area contributed by atoms with Crippen molar-refractivity contribution in [3.05, 3.63) is 65.6 Å². The van der Waals surface area contributed by atoms with Crippen molar-refractivity contribution in [1.82, 2.24) is 24.9 Å². The normalized spacial score (nSPS) is 20.9. The molecule has 1 aliphatic carbocycles. The lowest BCUT2D eigenvalue weighted by atomic mass is 9.90. The molecular formula is C25H30N6O. The lowest BCUT2D eigenvalue weighted by Crippen LogP contribution is -2.51. The Morgan fingerprint density at radius 3 is 2.56 bits per heavy atom. The number of pyridine rings is 1. The van der Waals surface area contributed by atoms with Crippen molar-refractivity contribution in [3.63, 3.8) is 0 Å². The maximum absolute atomic E-state index is 13.4. The first kappa shape index (κ1) is 20.7. The molecule has 0 unspecified atom stereocenters. The number of hydrogen-bond acceptors (Lipinski definition) is 5. The zero-order valence-electron chi connectivity index (χ0n) is 18.7. The minimum absolute atomic E-state index is 0.0801. The minimum atomic E-state index is 0.0801. The second kappa shape index (κ2) is 8.73. The van der Waals surface area contributed by atoms with Gasteiger partial charge in [0.05, 0.1) is 23.6 Å². The van der Waals surface area contributed by atoms with Crippen molar-refractivity contribution < 1.29 is 4.79 Å². The molecule has 1 aromatic carbocycles. The molecule has 1 aliphatic heterocycles. The molecule has 5 rings (SSSR count). The third-order valence-corrected chi connectivity index (χ3v) is 6.66. The summed E-state index contributed by atoms with van der Waals surface area (Å²) in [6, 6.07) is 11.9. The molecule has 32 heavy (non-hydrogen) atoms. The van der Waals surface area contributed by atoms with Crippen molar-refractivity contribution in [2.45, 2.75) is 51.5 Å². The molecule has 2 fully saturated rings. The van der Waals surface area contributed by atoms with Crippen LogP contribution in [0.25, 0.3) is 5.69 Å². The maximum Gasteiger partial charge on any atom is 0.254 e. The summed E-state index contributed by atoms with van der Waals surface area (Å²) >= 11 is 0. The Balaban J connectivity index is 1.27. The summed E-state index contributed by atoms with van der Waals surface area (Å²) in [6.07, 6.45) is 8.44. The van der Waals surface area contributed by atoms with Crippen molar-refractivity contribution in [2.75, 3.05) is 18.4 Å². The highest BCUT2D eigenvalue weighted by Crippen LogP contribution is 2.39. The highest BCUT2D eigenvalue weighted by Gasteiger charge is 2.32. The van der Waals surface area contributed by atoms with Crippen LogP contribution in [0.5, 0.6) is 0 Å². The molecule has 2 aliphatic rings. The Bertz CT molecular complexity index is 1070. The van der Waals surface area contributed by atoms with Gasteiger partial charge in [-0.25, -0.2) is 4.98 Å². The maximum atomic E-state index is 13.4. The number of piperidine rings is 1. The molecule has 7 heteroatoms. The molecule has 2 atom stereocenters. The molecule has 7 nitrogen and oxygen atoms in total. The van der Waals surface area contributed by atoms with Crippen LogP contribution in [-0.2, 0) is 0 Å². The van der Waals surface area contributed by atoms with Crippen molar-refractivity contribution in [3.8, 4) is 5.69 Å². The van der Waals surface area contributed by atoms with Crippen LogP contribution in [0.1, 0.15) is 60.1 Å². The number of benzene rings is 1. The first-order valence-corrected chi connectivity index (χ1v) is 11.6. The first-order chi connectivity index (χ1) is 15.6. The van der Waals surface area contributed by atoms with Crippen LogP contribution in [0.2, 0.25) is 0 Å². The summed E-state index contributed by atoms with van der Waals surface area (Å²) in [5.41, 5.74) is 3.74. The summed E-state index contributed by atoms with van der Waals surface area (Å²) in [7, 11) is 0. The number of nitrogens with zero attached hydrogens (tertiary/aromatic N) is 5. The van der Waals surface area contributed by atoms with Gasteiger partial charge in [-0.2, -0.15) is 15.0 Å². The smallest absolute Gasteiger partial charge is 0.254 e. The van der Waals surface area contributed by atoms with E-state index < -0.39 is 0 Å². The monoisotopic (exact) mass is 430 g/mol. The second-order valence-electron chi connectivity index (χ2n) is 9.14. The zero-order valence-corrected chi connectivity index (χ0v) is 18.7. The molecule has 0 spiro atoms. The predicted octanol–water partition coefficient (Wildman–Crippen LogP) is 4.20. The van der Waals surface area contributed by atoms with E-state index in [-0.39, 0.29) is 11.9 Å². The Morgan fingerprint density at radius 2 is 1.91 bits per heavy atom. The third-order valence-electron chi connectivity index (χ3n) is 6.66. The summed E-state index contributed by atoms with van der Waals surface area (Å²) < 4.78 is 0. The SMILES string of the molecule is Cc1cnn(-c2ccc(C(=O)N3CCC[C@@H](C)[C@H]3CNc3ccc(C4CC4)cn3)cc2)n1. The standard InChI is InChI=1S/C25H30N6O/c1-17-4-3-13-30(23(17)16-27-24-12-9-21(15-26-24)19-5-6-19)25(32)20-7-10-22(11-8-20)31-28-14-18(2)29-31/h7-12,14-15,17,19,23H,3-6,13,16H2,1-2H3,(H,26,27)/t17-,23-/m1/s1. The van der Waals surface area contributed by atoms with Gasteiger partial charge in [-0.3, -0.25) is 4.79 Å². The number of aromatic nitrogens is 4. The minimum Gasteiger partial charge on any atom is -0.368 e. The van der Waals surface area contributed by atoms with Crippen LogP contribution in [0, 0.1) is 12.8 Å². The lowest BCUT2D eigenvalue weighted by Gasteiger charge is -2.40. The van der Waals surface area contributed by atoms with Gasteiger partial charge in [0.1, 0.15) is 5.82 Å². The molecule has 1 amide bonds. The molecule has 166 valence electrons. The Morgan fingerprint density at radius 1 is 1.09 bits per heavy atom. The number of rotatable bonds is 6. The van der Waals surface area contributed by atoms with Crippen LogP contribution >= 0.6 is 0 Å². The fourth-order valence-corrected chi connectivity index (χ4v) is 4.56. The Hall–Kier alpha value is -3.22. The van der Waals surface area contributed by atoms with Gasteiger partial charge in [0.15, 0.2) is 0 Å². The molecule has 1 N–H and O–H groups in total. The van der Waals surface area contributed by atoms with E-state index in [1.165, 1.54) is 18.4 Å². The number of carbonyl (C=O) groups excluding carboxylic acids is 1. The van der Waals surface area contributed by atoms with Gasteiger partial charge in [0.2, 0.25) is 0 Å². The predicted molar refractivity (Wildman–Crippen MR) is 124 cm³/mol. The van der Waals surface area contributed by atoms with Gasteiger partial charge in [0, 0.05) is 24.8 Å². The molecule has 0 bridgehead atoms. The second-order valence-corrected chi connectivity index (χ2v) is 9.14. The number of carbonyl (C=O) groups is 1. The molecule has 2 aromatic heterocycles. The zero-order chi connectivity index (χ0) is 22.1. The van der Waals surface area contributed by atoms with Crippen molar-refractivity contribution >= 4 is 11.7 Å². The van der Waals surface area contributed by atoms with Gasteiger partial charge >= 0.3 is 0 Å². The first-order valence-electron chi connectivity index (χ1n) is 11.6. The highest BCUT2D eigenvalue weighted by atomic mass is 16.2. The number of aryl methyl sites for hydroxylation is 1. The number of anilines is 1. The van der Waals surface area contributed by atoms with Gasteiger partial charge in [-0.05, 0) is 80.3 Å². The van der Waals surface area contributed by atoms with Gasteiger partial charge in [-0.1, -0.05) is 13.0 Å². The van der Waals surface area contributed by atoms with E-state index in [2.05, 4.69) is 39.6 Å². The summed E-state index contributed by atoms with van der Waals surface area (Å²) in [4.78, 5) is 21.6. The molecule has 0 radical (unpaired) electrons. The average molecular weight is 431 g/mol. The third kappa shape index (κ3) is 4.38. The fraction of sp³-hybridized carbons (Fsp3) is 0.440. The van der Waals surface area contributed by atoms with Crippen LogP contribution in [0.15, 0.2) is 48.8 Å². The Kier molecular flexibility index (Phi) is 5.64. The van der Waals surface area contributed by atoms with Crippen molar-refractivity contribution in [1.29, 1.82) is 0 Å². The largest absolute Gasteiger partial charge is 0.368 e. The van der Waals surface area contributed by atoms with E-state index in [1.807, 2.05) is 42.3 Å². The number of amides is 1. The van der Waals surface area contributed by atoms with E-state index in [0.717, 1.165) is 36.6 Å². The van der Waals surface area contributed by atoms with E-state index in [1.54, 1.807) is 11.0 Å². The lowest BCUT2D eigenvalue weighted by molar-refractivity contribution is 0.0540. The molecule has 1 saturated heterocycles. The number of likely N-dealkylation sites (tertiary alicyclic amines) is 1. The summed E-state index contributed by atoms with van der Waals surface area (Å²) in [5.74, 6) is 2.10. The van der Waals surface area contributed by atoms with E-state index in [4.69, 9.17) is 0 Å². The molecule has 1 saturated carbocycles. The number of nitrogens with one attached hydrogen (secondary N) is 1. The average Bonchev–Trinajstić information content (AvgIpc) is 3.58. The van der Waals surface area contributed by atoms with Crippen LogP contribution < -0.4 is 5.32 Å². The topological polar surface area (TPSA) is 75.9 Å². The molecule has 3 aromatic rings. The van der Waals surface area contributed by atoms with Crippen LogP contribution in [0.3, 0.4) is 0 Å². The van der Waals surface area contributed by atoms with Crippen LogP contribution in [-0.4, -0.2) is 49.9 Å². The van der Waals surface area contributed by atoms with Crippen LogP contribution in [0.4, 0.5) is 5.82 Å². The van der Waals surface area contributed by atoms with Crippen molar-refractivity contribution in [2.24, 2.45) is 5.92 Å². The summed E-state index contributed by atoms with van der Waals surface area (Å²) in [5, 5.41) is 12.1. The van der Waals surface area contributed by atoms with Gasteiger partial charge in [-0.15, -0.1) is 0 Å². The molecule has 3 heterocycles. The highest BCUT2D eigenvalue weighted by molar-refractivity contribution is 5.94. The van der Waals surface area contributed by atoms with E-state index in [0.29, 0.717) is 23.9 Å².